The zero-order valence-electron chi connectivity index (χ0n) is 14.2. The van der Waals surface area contributed by atoms with Gasteiger partial charge in [-0.1, -0.05) is 37.6 Å². The number of esters is 1. The Morgan fingerprint density at radius 3 is 2.41 bits per heavy atom. The molecule has 0 radical (unpaired) electrons. The molecule has 1 fully saturated rings. The van der Waals surface area contributed by atoms with E-state index in [9.17, 15) is 4.79 Å². The van der Waals surface area contributed by atoms with E-state index in [1.165, 1.54) is 5.57 Å². The van der Waals surface area contributed by atoms with Crippen molar-refractivity contribution in [2.75, 3.05) is 6.61 Å². The maximum absolute atomic E-state index is 12.3. The summed E-state index contributed by atoms with van der Waals surface area (Å²) >= 11 is 0. The fourth-order valence-corrected chi connectivity index (χ4v) is 2.89. The van der Waals surface area contributed by atoms with Gasteiger partial charge >= 0.3 is 5.97 Å². The summed E-state index contributed by atoms with van der Waals surface area (Å²) in [5.74, 6) is 1.02. The molecule has 1 aliphatic carbocycles. The van der Waals surface area contributed by atoms with Crippen LogP contribution >= 0.6 is 0 Å². The molecule has 1 unspecified atom stereocenters. The van der Waals surface area contributed by atoms with Crippen molar-refractivity contribution in [3.8, 4) is 5.75 Å². The third-order valence-corrected chi connectivity index (χ3v) is 4.29. The Labute approximate surface area is 133 Å². The molecule has 0 bridgehead atoms. The third-order valence-electron chi connectivity index (χ3n) is 4.29. The van der Waals surface area contributed by atoms with E-state index >= 15 is 0 Å². The molecule has 0 N–H and O–H groups in total. The van der Waals surface area contributed by atoms with E-state index in [2.05, 4.69) is 33.8 Å². The largest absolute Gasteiger partial charge is 0.494 e. The molecule has 3 nitrogen and oxygen atoms in total. The number of carbonyl (C=O) groups is 1. The standard InChI is InChI=1S/C19H26O3/c1-6-21-15-9-7-14(8-10-15)12-22-18(20)17-16(11-13(2)3)19(17,4)5/h7-11,16-17H,6,12H2,1-5H3/t16?,17-/m0/s1. The normalized spacial score (nSPS) is 21.9. The highest BCUT2D eigenvalue weighted by Gasteiger charge is 2.61. The van der Waals surface area contributed by atoms with Gasteiger partial charge < -0.3 is 9.47 Å². The summed E-state index contributed by atoms with van der Waals surface area (Å²) in [6.45, 7) is 11.3. The first-order valence-electron chi connectivity index (χ1n) is 7.89. The lowest BCUT2D eigenvalue weighted by molar-refractivity contribution is -0.147. The molecule has 0 amide bonds. The number of ether oxygens (including phenoxy) is 2. The van der Waals surface area contributed by atoms with Crippen molar-refractivity contribution in [1.82, 2.24) is 0 Å². The van der Waals surface area contributed by atoms with Gasteiger partial charge in [-0.25, -0.2) is 0 Å². The van der Waals surface area contributed by atoms with Crippen LogP contribution in [0.5, 0.6) is 5.75 Å². The van der Waals surface area contributed by atoms with Gasteiger partial charge in [0.05, 0.1) is 12.5 Å². The van der Waals surface area contributed by atoms with Crippen LogP contribution in [0.15, 0.2) is 35.9 Å². The summed E-state index contributed by atoms with van der Waals surface area (Å²) in [7, 11) is 0. The van der Waals surface area contributed by atoms with Gasteiger partial charge in [-0.15, -0.1) is 0 Å². The van der Waals surface area contributed by atoms with E-state index in [1.54, 1.807) is 0 Å². The maximum Gasteiger partial charge on any atom is 0.310 e. The Bertz CT molecular complexity index is 551. The number of carbonyl (C=O) groups excluding carboxylic acids is 1. The Balaban J connectivity index is 1.89. The number of allylic oxidation sites excluding steroid dienone is 2. The molecule has 1 aromatic rings. The minimum absolute atomic E-state index is 0.00712. The van der Waals surface area contributed by atoms with Crippen molar-refractivity contribution in [3.63, 3.8) is 0 Å². The van der Waals surface area contributed by atoms with Gasteiger partial charge in [0.2, 0.25) is 0 Å². The number of hydrogen-bond donors (Lipinski definition) is 0. The zero-order valence-corrected chi connectivity index (χ0v) is 14.2. The second-order valence-electron chi connectivity index (χ2n) is 6.75. The molecule has 1 aromatic carbocycles. The van der Waals surface area contributed by atoms with Crippen molar-refractivity contribution in [2.45, 2.75) is 41.2 Å². The average molecular weight is 302 g/mol. The monoisotopic (exact) mass is 302 g/mol. The van der Waals surface area contributed by atoms with E-state index in [0.29, 0.717) is 19.1 Å². The molecular formula is C19H26O3. The minimum atomic E-state index is -0.0959. The van der Waals surface area contributed by atoms with Crippen molar-refractivity contribution >= 4 is 5.97 Å². The average Bonchev–Trinajstić information content (AvgIpc) is 2.98. The van der Waals surface area contributed by atoms with E-state index in [0.717, 1.165) is 11.3 Å². The molecule has 0 aliphatic heterocycles. The van der Waals surface area contributed by atoms with Crippen molar-refractivity contribution < 1.29 is 14.3 Å². The Morgan fingerprint density at radius 1 is 1.23 bits per heavy atom. The molecule has 1 saturated carbocycles. The van der Waals surface area contributed by atoms with Gasteiger partial charge in [0.1, 0.15) is 12.4 Å². The van der Waals surface area contributed by atoms with Crippen LogP contribution in [0.4, 0.5) is 0 Å². The fraction of sp³-hybridized carbons (Fsp3) is 0.526. The Kier molecular flexibility index (Phi) is 4.94. The minimum Gasteiger partial charge on any atom is -0.494 e. The van der Waals surface area contributed by atoms with Crippen molar-refractivity contribution in [3.05, 3.63) is 41.5 Å². The highest BCUT2D eigenvalue weighted by molar-refractivity contribution is 5.78. The molecule has 0 saturated heterocycles. The maximum atomic E-state index is 12.3. The van der Waals surface area contributed by atoms with Gasteiger partial charge in [-0.3, -0.25) is 4.79 Å². The van der Waals surface area contributed by atoms with E-state index in [-0.39, 0.29) is 17.3 Å². The van der Waals surface area contributed by atoms with Crippen LogP contribution in [0.2, 0.25) is 0 Å². The van der Waals surface area contributed by atoms with Crippen molar-refractivity contribution in [1.29, 1.82) is 0 Å². The fourth-order valence-electron chi connectivity index (χ4n) is 2.89. The topological polar surface area (TPSA) is 35.5 Å². The molecule has 0 heterocycles. The van der Waals surface area contributed by atoms with Crippen LogP contribution in [0.1, 0.15) is 40.2 Å². The first-order valence-corrected chi connectivity index (χ1v) is 7.89. The number of benzene rings is 1. The molecule has 2 rings (SSSR count). The Hall–Kier alpha value is -1.77. The van der Waals surface area contributed by atoms with Crippen LogP contribution in [0.3, 0.4) is 0 Å². The van der Waals surface area contributed by atoms with Gasteiger partial charge in [0.15, 0.2) is 0 Å². The molecule has 120 valence electrons. The van der Waals surface area contributed by atoms with Gasteiger partial charge in [0, 0.05) is 0 Å². The summed E-state index contributed by atoms with van der Waals surface area (Å²) in [6.07, 6.45) is 2.18. The lowest BCUT2D eigenvalue weighted by Crippen LogP contribution is -2.10. The van der Waals surface area contributed by atoms with E-state index in [1.807, 2.05) is 31.2 Å². The van der Waals surface area contributed by atoms with Crippen LogP contribution < -0.4 is 4.74 Å². The van der Waals surface area contributed by atoms with Crippen molar-refractivity contribution in [2.24, 2.45) is 17.3 Å². The second-order valence-corrected chi connectivity index (χ2v) is 6.75. The lowest BCUT2D eigenvalue weighted by atomic mass is 10.1. The third kappa shape index (κ3) is 3.70. The smallest absolute Gasteiger partial charge is 0.310 e. The van der Waals surface area contributed by atoms with E-state index in [4.69, 9.17) is 9.47 Å². The summed E-state index contributed by atoms with van der Waals surface area (Å²) in [4.78, 5) is 12.3. The molecule has 2 atom stereocenters. The summed E-state index contributed by atoms with van der Waals surface area (Å²) < 4.78 is 10.9. The first-order chi connectivity index (χ1) is 10.4. The van der Waals surface area contributed by atoms with Crippen LogP contribution in [0.25, 0.3) is 0 Å². The second kappa shape index (κ2) is 6.55. The van der Waals surface area contributed by atoms with Crippen LogP contribution in [-0.4, -0.2) is 12.6 Å². The highest BCUT2D eigenvalue weighted by Crippen LogP contribution is 2.59. The molecule has 0 aromatic heterocycles. The number of hydrogen-bond acceptors (Lipinski definition) is 3. The van der Waals surface area contributed by atoms with Crippen LogP contribution in [-0.2, 0) is 16.1 Å². The first kappa shape index (κ1) is 16.6. The quantitative estimate of drug-likeness (QED) is 0.578. The number of rotatable bonds is 6. The van der Waals surface area contributed by atoms with Gasteiger partial charge in [0.25, 0.3) is 0 Å². The molecular weight excluding hydrogens is 276 g/mol. The molecule has 0 spiro atoms. The summed E-state index contributed by atoms with van der Waals surface area (Å²) in [5, 5.41) is 0. The zero-order chi connectivity index (χ0) is 16.3. The van der Waals surface area contributed by atoms with Gasteiger partial charge in [-0.2, -0.15) is 0 Å². The SMILES string of the molecule is CCOc1ccc(COC(=O)[C@@H]2C(C=C(C)C)C2(C)C)cc1. The lowest BCUT2D eigenvalue weighted by Gasteiger charge is -2.07. The van der Waals surface area contributed by atoms with Gasteiger partial charge in [-0.05, 0) is 49.8 Å². The summed E-state index contributed by atoms with van der Waals surface area (Å²) in [5.41, 5.74) is 2.24. The summed E-state index contributed by atoms with van der Waals surface area (Å²) in [6, 6.07) is 7.67. The predicted molar refractivity (Wildman–Crippen MR) is 87.6 cm³/mol. The van der Waals surface area contributed by atoms with Crippen LogP contribution in [0, 0.1) is 17.3 Å². The highest BCUT2D eigenvalue weighted by atomic mass is 16.5. The molecule has 3 heteroatoms. The Morgan fingerprint density at radius 2 is 1.86 bits per heavy atom. The molecule has 22 heavy (non-hydrogen) atoms. The predicted octanol–water partition coefficient (Wildman–Crippen LogP) is 4.37. The van der Waals surface area contributed by atoms with E-state index < -0.39 is 0 Å². The molecule has 1 aliphatic rings.